The summed E-state index contributed by atoms with van der Waals surface area (Å²) >= 11 is 0. The Morgan fingerprint density at radius 3 is 2.67 bits per heavy atom. The Balaban J connectivity index is 2.17. The first-order chi connectivity index (χ1) is 8.65. The molecule has 1 aromatic heterocycles. The van der Waals surface area contributed by atoms with Gasteiger partial charge in [-0.3, -0.25) is 4.57 Å². The first-order valence-electron chi connectivity index (χ1n) is 6.22. The lowest BCUT2D eigenvalue weighted by Gasteiger charge is -2.34. The van der Waals surface area contributed by atoms with E-state index < -0.39 is 0 Å². The van der Waals surface area contributed by atoms with Gasteiger partial charge < -0.3 is 15.9 Å². The van der Waals surface area contributed by atoms with Crippen molar-refractivity contribution in [1.82, 2.24) is 9.55 Å². The average molecular weight is 253 g/mol. The van der Waals surface area contributed by atoms with Crippen LogP contribution in [0, 0.1) is 11.8 Å². The summed E-state index contributed by atoms with van der Waals surface area (Å²) in [6, 6.07) is 1.64. The number of nitrogens with two attached hydrogens (primary N) is 1. The number of aromatic nitrogens is 2. The van der Waals surface area contributed by atoms with E-state index in [0.717, 1.165) is 12.8 Å². The smallest absolute Gasteiger partial charge is 0.349 e. The second-order valence-corrected chi connectivity index (χ2v) is 4.89. The highest BCUT2D eigenvalue weighted by Gasteiger charge is 2.30. The van der Waals surface area contributed by atoms with Crippen LogP contribution in [-0.2, 0) is 0 Å². The minimum atomic E-state index is -0.348. The number of nitrogen functional groups attached to an aromatic ring is 1. The molecule has 1 fully saturated rings. The maximum atomic E-state index is 11.7. The highest BCUT2D eigenvalue weighted by molar-refractivity contribution is 5.23. The molecule has 0 amide bonds. The SMILES string of the molecule is Nc1ccn(C2CCC(CO)C(CO)C2)c(=O)n1. The third-order valence-corrected chi connectivity index (χ3v) is 3.83. The Morgan fingerprint density at radius 1 is 1.33 bits per heavy atom. The van der Waals surface area contributed by atoms with Crippen molar-refractivity contribution in [3.63, 3.8) is 0 Å². The zero-order valence-electron chi connectivity index (χ0n) is 10.2. The molecular formula is C12H19N3O3. The van der Waals surface area contributed by atoms with Crippen molar-refractivity contribution in [2.24, 2.45) is 11.8 Å². The van der Waals surface area contributed by atoms with E-state index >= 15 is 0 Å². The number of aliphatic hydroxyl groups is 2. The van der Waals surface area contributed by atoms with E-state index in [1.807, 2.05) is 0 Å². The van der Waals surface area contributed by atoms with E-state index in [2.05, 4.69) is 4.98 Å². The van der Waals surface area contributed by atoms with Crippen molar-refractivity contribution in [3.8, 4) is 0 Å². The van der Waals surface area contributed by atoms with Crippen molar-refractivity contribution in [2.45, 2.75) is 25.3 Å². The molecule has 0 aliphatic heterocycles. The summed E-state index contributed by atoms with van der Waals surface area (Å²) in [4.78, 5) is 15.5. The van der Waals surface area contributed by atoms with Gasteiger partial charge in [-0.15, -0.1) is 0 Å². The minimum Gasteiger partial charge on any atom is -0.396 e. The Labute approximate surface area is 105 Å². The van der Waals surface area contributed by atoms with Crippen LogP contribution in [0.25, 0.3) is 0 Å². The summed E-state index contributed by atoms with van der Waals surface area (Å²) in [7, 11) is 0. The molecule has 6 heteroatoms. The number of anilines is 1. The molecule has 1 aliphatic carbocycles. The Bertz CT molecular complexity index is 460. The lowest BCUT2D eigenvalue weighted by molar-refractivity contribution is 0.0662. The zero-order valence-corrected chi connectivity index (χ0v) is 10.2. The van der Waals surface area contributed by atoms with Crippen molar-refractivity contribution >= 4 is 5.82 Å². The van der Waals surface area contributed by atoms with Crippen molar-refractivity contribution in [3.05, 3.63) is 22.7 Å². The number of aliphatic hydroxyl groups excluding tert-OH is 2. The predicted octanol–water partition coefficient (Wildman–Crippen LogP) is -0.233. The van der Waals surface area contributed by atoms with Gasteiger partial charge in [-0.05, 0) is 37.2 Å². The van der Waals surface area contributed by atoms with Crippen LogP contribution in [-0.4, -0.2) is 33.0 Å². The number of hydrogen-bond donors (Lipinski definition) is 3. The molecule has 0 spiro atoms. The first-order valence-corrected chi connectivity index (χ1v) is 6.22. The lowest BCUT2D eigenvalue weighted by atomic mass is 9.77. The van der Waals surface area contributed by atoms with Crippen molar-refractivity contribution < 1.29 is 10.2 Å². The molecule has 1 aromatic rings. The number of hydrogen-bond acceptors (Lipinski definition) is 5. The third kappa shape index (κ3) is 2.54. The molecular weight excluding hydrogens is 234 g/mol. The molecule has 100 valence electrons. The van der Waals surface area contributed by atoms with Gasteiger partial charge in [0.05, 0.1) is 0 Å². The molecule has 0 aromatic carbocycles. The van der Waals surface area contributed by atoms with Gasteiger partial charge in [0, 0.05) is 25.5 Å². The van der Waals surface area contributed by atoms with E-state index in [1.165, 1.54) is 0 Å². The number of nitrogens with zero attached hydrogens (tertiary/aromatic N) is 2. The molecule has 1 heterocycles. The molecule has 1 aliphatic rings. The standard InChI is InChI=1S/C12H19N3O3/c13-11-3-4-15(12(18)14-11)10-2-1-8(6-16)9(5-10)7-17/h3-4,8-10,16-17H,1-2,5-7H2,(H2,13,14,18). The topological polar surface area (TPSA) is 101 Å². The summed E-state index contributed by atoms with van der Waals surface area (Å²) < 4.78 is 1.58. The molecule has 0 saturated heterocycles. The maximum absolute atomic E-state index is 11.7. The van der Waals surface area contributed by atoms with Gasteiger partial charge in [0.2, 0.25) is 0 Å². The van der Waals surface area contributed by atoms with Gasteiger partial charge >= 0.3 is 5.69 Å². The van der Waals surface area contributed by atoms with Gasteiger partial charge in [-0.2, -0.15) is 4.98 Å². The van der Waals surface area contributed by atoms with Gasteiger partial charge in [0.1, 0.15) is 5.82 Å². The van der Waals surface area contributed by atoms with Crippen LogP contribution < -0.4 is 11.4 Å². The molecule has 0 radical (unpaired) electrons. The van der Waals surface area contributed by atoms with Crippen LogP contribution in [0.3, 0.4) is 0 Å². The maximum Gasteiger partial charge on any atom is 0.349 e. The molecule has 2 rings (SSSR count). The molecule has 18 heavy (non-hydrogen) atoms. The van der Waals surface area contributed by atoms with Crippen LogP contribution in [0.2, 0.25) is 0 Å². The van der Waals surface area contributed by atoms with E-state index in [-0.39, 0.29) is 42.6 Å². The minimum absolute atomic E-state index is 0.0329. The second-order valence-electron chi connectivity index (χ2n) is 4.89. The number of rotatable bonds is 3. The van der Waals surface area contributed by atoms with Crippen molar-refractivity contribution in [2.75, 3.05) is 18.9 Å². The molecule has 6 nitrogen and oxygen atoms in total. The normalized spacial score (nSPS) is 28.2. The van der Waals surface area contributed by atoms with E-state index in [9.17, 15) is 15.0 Å². The highest BCUT2D eigenvalue weighted by atomic mass is 16.3. The fraction of sp³-hybridized carbons (Fsp3) is 0.667. The second kappa shape index (κ2) is 5.49. The summed E-state index contributed by atoms with van der Waals surface area (Å²) in [5, 5.41) is 18.6. The summed E-state index contributed by atoms with van der Waals surface area (Å²) in [6.07, 6.45) is 3.96. The quantitative estimate of drug-likeness (QED) is 0.690. The lowest BCUT2D eigenvalue weighted by Crippen LogP contribution is -2.35. The third-order valence-electron chi connectivity index (χ3n) is 3.83. The highest BCUT2D eigenvalue weighted by Crippen LogP contribution is 2.35. The monoisotopic (exact) mass is 253 g/mol. The predicted molar refractivity (Wildman–Crippen MR) is 66.9 cm³/mol. The molecule has 0 bridgehead atoms. The molecule has 3 atom stereocenters. The first kappa shape index (κ1) is 13.0. The summed E-state index contributed by atoms with van der Waals surface area (Å²) in [5.41, 5.74) is 5.11. The fourth-order valence-corrected chi connectivity index (χ4v) is 2.72. The van der Waals surface area contributed by atoms with E-state index in [4.69, 9.17) is 5.73 Å². The molecule has 4 N–H and O–H groups in total. The fourth-order valence-electron chi connectivity index (χ4n) is 2.72. The van der Waals surface area contributed by atoms with Crippen LogP contribution >= 0.6 is 0 Å². The van der Waals surface area contributed by atoms with Gasteiger partial charge in [0.15, 0.2) is 0 Å². The average Bonchev–Trinajstić information content (AvgIpc) is 2.38. The van der Waals surface area contributed by atoms with E-state index in [0.29, 0.717) is 6.42 Å². The molecule has 1 saturated carbocycles. The van der Waals surface area contributed by atoms with Gasteiger partial charge in [-0.1, -0.05) is 0 Å². The van der Waals surface area contributed by atoms with Crippen LogP contribution in [0.15, 0.2) is 17.1 Å². The Hall–Kier alpha value is -1.40. The molecule has 3 unspecified atom stereocenters. The van der Waals surface area contributed by atoms with Crippen LogP contribution in [0.1, 0.15) is 25.3 Å². The van der Waals surface area contributed by atoms with Gasteiger partial charge in [0.25, 0.3) is 0 Å². The Kier molecular flexibility index (Phi) is 3.98. The zero-order chi connectivity index (χ0) is 13.1. The largest absolute Gasteiger partial charge is 0.396 e. The summed E-state index contributed by atoms with van der Waals surface area (Å²) in [6.45, 7) is 0.131. The summed E-state index contributed by atoms with van der Waals surface area (Å²) in [5.74, 6) is 0.390. The van der Waals surface area contributed by atoms with Crippen LogP contribution in [0.5, 0.6) is 0 Å². The van der Waals surface area contributed by atoms with E-state index in [1.54, 1.807) is 16.8 Å². The van der Waals surface area contributed by atoms with Crippen molar-refractivity contribution in [1.29, 1.82) is 0 Å². The van der Waals surface area contributed by atoms with Crippen LogP contribution in [0.4, 0.5) is 5.82 Å². The Morgan fingerprint density at radius 2 is 2.06 bits per heavy atom. The van der Waals surface area contributed by atoms with Gasteiger partial charge in [-0.25, -0.2) is 4.79 Å².